The average Bonchev–Trinajstić information content (AvgIpc) is 2.99. The summed E-state index contributed by atoms with van der Waals surface area (Å²) in [7, 11) is 1.75. The fourth-order valence-corrected chi connectivity index (χ4v) is 3.80. The van der Waals surface area contributed by atoms with E-state index in [0.717, 1.165) is 38.6 Å². The van der Waals surface area contributed by atoms with Crippen molar-refractivity contribution >= 4 is 5.69 Å². The van der Waals surface area contributed by atoms with Crippen LogP contribution in [0, 0.1) is 5.92 Å². The van der Waals surface area contributed by atoms with E-state index in [1.165, 1.54) is 18.7 Å². The maximum absolute atomic E-state index is 5.55. The number of piperazine rings is 1. The predicted molar refractivity (Wildman–Crippen MR) is 89.8 cm³/mol. The van der Waals surface area contributed by atoms with E-state index in [1.54, 1.807) is 7.11 Å². The molecule has 22 heavy (non-hydrogen) atoms. The minimum Gasteiger partial charge on any atom is -0.495 e. The lowest BCUT2D eigenvalue weighted by Crippen LogP contribution is -2.60. The maximum atomic E-state index is 5.55. The largest absolute Gasteiger partial charge is 0.495 e. The van der Waals surface area contributed by atoms with Crippen molar-refractivity contribution in [2.75, 3.05) is 51.4 Å². The van der Waals surface area contributed by atoms with Gasteiger partial charge in [0, 0.05) is 38.3 Å². The van der Waals surface area contributed by atoms with Gasteiger partial charge in [0.05, 0.1) is 19.4 Å². The van der Waals surface area contributed by atoms with E-state index in [-0.39, 0.29) is 5.54 Å². The summed E-state index contributed by atoms with van der Waals surface area (Å²) in [6, 6.07) is 8.34. The van der Waals surface area contributed by atoms with Crippen molar-refractivity contribution in [1.29, 1.82) is 0 Å². The summed E-state index contributed by atoms with van der Waals surface area (Å²) >= 11 is 0. The lowest BCUT2D eigenvalue weighted by Gasteiger charge is -2.49. The molecular formula is C18H28N2O2. The first-order chi connectivity index (χ1) is 10.6. The molecule has 2 fully saturated rings. The topological polar surface area (TPSA) is 24.9 Å². The zero-order valence-electron chi connectivity index (χ0n) is 14.0. The Hall–Kier alpha value is -1.26. The number of anilines is 1. The highest BCUT2D eigenvalue weighted by Crippen LogP contribution is 2.35. The van der Waals surface area contributed by atoms with Crippen molar-refractivity contribution in [3.63, 3.8) is 0 Å². The quantitative estimate of drug-likeness (QED) is 0.854. The lowest BCUT2D eigenvalue weighted by atomic mass is 9.96. The second-order valence-corrected chi connectivity index (χ2v) is 7.10. The summed E-state index contributed by atoms with van der Waals surface area (Å²) in [4.78, 5) is 5.10. The molecule has 1 aromatic rings. The summed E-state index contributed by atoms with van der Waals surface area (Å²) in [6.45, 7) is 10.9. The Morgan fingerprint density at radius 2 is 2.09 bits per heavy atom. The SMILES string of the molecule is COc1ccccc1N1CCN(CC2CCOC2)CC1(C)C. The molecule has 0 spiro atoms. The molecule has 2 heterocycles. The molecule has 3 rings (SSSR count). The first-order valence-corrected chi connectivity index (χ1v) is 8.31. The van der Waals surface area contributed by atoms with Gasteiger partial charge >= 0.3 is 0 Å². The van der Waals surface area contributed by atoms with Gasteiger partial charge in [0.15, 0.2) is 0 Å². The van der Waals surface area contributed by atoms with Gasteiger partial charge in [-0.1, -0.05) is 12.1 Å². The molecule has 2 saturated heterocycles. The molecule has 1 unspecified atom stereocenters. The van der Waals surface area contributed by atoms with E-state index in [0.29, 0.717) is 5.92 Å². The summed E-state index contributed by atoms with van der Waals surface area (Å²) in [6.07, 6.45) is 1.22. The van der Waals surface area contributed by atoms with Gasteiger partial charge < -0.3 is 14.4 Å². The van der Waals surface area contributed by atoms with Crippen LogP contribution in [0.25, 0.3) is 0 Å². The Balaban J connectivity index is 1.70. The highest BCUT2D eigenvalue weighted by molar-refractivity contribution is 5.60. The van der Waals surface area contributed by atoms with Crippen LogP contribution in [-0.2, 0) is 4.74 Å². The molecule has 2 aliphatic heterocycles. The average molecular weight is 304 g/mol. The van der Waals surface area contributed by atoms with Gasteiger partial charge in [-0.05, 0) is 38.3 Å². The third kappa shape index (κ3) is 3.23. The van der Waals surface area contributed by atoms with Gasteiger partial charge in [0.2, 0.25) is 0 Å². The molecule has 0 radical (unpaired) electrons. The molecule has 0 bridgehead atoms. The van der Waals surface area contributed by atoms with Crippen LogP contribution < -0.4 is 9.64 Å². The number of methoxy groups -OCH3 is 1. The van der Waals surface area contributed by atoms with Crippen LogP contribution in [0.2, 0.25) is 0 Å². The molecule has 4 nitrogen and oxygen atoms in total. The lowest BCUT2D eigenvalue weighted by molar-refractivity contribution is 0.139. The highest BCUT2D eigenvalue weighted by Gasteiger charge is 2.35. The zero-order valence-corrected chi connectivity index (χ0v) is 14.0. The van der Waals surface area contributed by atoms with E-state index in [4.69, 9.17) is 9.47 Å². The van der Waals surface area contributed by atoms with Crippen molar-refractivity contribution in [2.24, 2.45) is 5.92 Å². The molecule has 4 heteroatoms. The van der Waals surface area contributed by atoms with E-state index in [2.05, 4.69) is 35.8 Å². The predicted octanol–water partition coefficient (Wildman–Crippen LogP) is 2.63. The van der Waals surface area contributed by atoms with Crippen molar-refractivity contribution in [3.8, 4) is 5.75 Å². The highest BCUT2D eigenvalue weighted by atomic mass is 16.5. The third-order valence-electron chi connectivity index (χ3n) is 4.90. The van der Waals surface area contributed by atoms with Gasteiger partial charge in [-0.3, -0.25) is 4.90 Å². The van der Waals surface area contributed by atoms with E-state index >= 15 is 0 Å². The maximum Gasteiger partial charge on any atom is 0.142 e. The minimum absolute atomic E-state index is 0.104. The van der Waals surface area contributed by atoms with Crippen LogP contribution in [0.3, 0.4) is 0 Å². The number of hydrogen-bond donors (Lipinski definition) is 0. The molecule has 0 saturated carbocycles. The van der Waals surface area contributed by atoms with E-state index in [1.807, 2.05) is 12.1 Å². The molecule has 1 atom stereocenters. The van der Waals surface area contributed by atoms with Gasteiger partial charge in [0.25, 0.3) is 0 Å². The molecule has 1 aromatic carbocycles. The summed E-state index contributed by atoms with van der Waals surface area (Å²) in [5, 5.41) is 0. The molecule has 0 aliphatic carbocycles. The normalized spacial score (nSPS) is 25.4. The second-order valence-electron chi connectivity index (χ2n) is 7.10. The Labute approximate surface area is 134 Å². The smallest absolute Gasteiger partial charge is 0.142 e. The first-order valence-electron chi connectivity index (χ1n) is 8.31. The van der Waals surface area contributed by atoms with Crippen LogP contribution in [0.15, 0.2) is 24.3 Å². The number of benzene rings is 1. The number of nitrogens with zero attached hydrogens (tertiary/aromatic N) is 2. The van der Waals surface area contributed by atoms with Gasteiger partial charge in [-0.2, -0.15) is 0 Å². The van der Waals surface area contributed by atoms with Crippen LogP contribution in [0.5, 0.6) is 5.75 Å². The molecule has 2 aliphatic rings. The molecular weight excluding hydrogens is 276 g/mol. The van der Waals surface area contributed by atoms with Crippen molar-refractivity contribution in [1.82, 2.24) is 4.90 Å². The van der Waals surface area contributed by atoms with E-state index in [9.17, 15) is 0 Å². The van der Waals surface area contributed by atoms with Crippen molar-refractivity contribution in [2.45, 2.75) is 25.8 Å². The second kappa shape index (κ2) is 6.47. The molecule has 0 N–H and O–H groups in total. The Bertz CT molecular complexity index is 498. The van der Waals surface area contributed by atoms with Crippen LogP contribution in [0.1, 0.15) is 20.3 Å². The summed E-state index contributed by atoms with van der Waals surface area (Å²) in [5.74, 6) is 1.68. The van der Waals surface area contributed by atoms with Gasteiger partial charge in [0.1, 0.15) is 5.75 Å². The Kier molecular flexibility index (Phi) is 4.59. The van der Waals surface area contributed by atoms with Crippen LogP contribution in [-0.4, -0.2) is 56.9 Å². The third-order valence-corrected chi connectivity index (χ3v) is 4.90. The monoisotopic (exact) mass is 304 g/mol. The van der Waals surface area contributed by atoms with Crippen molar-refractivity contribution < 1.29 is 9.47 Å². The van der Waals surface area contributed by atoms with Crippen LogP contribution in [0.4, 0.5) is 5.69 Å². The molecule has 122 valence electrons. The minimum atomic E-state index is 0.104. The zero-order chi connectivity index (χ0) is 15.6. The molecule has 0 amide bonds. The number of hydrogen-bond acceptors (Lipinski definition) is 4. The van der Waals surface area contributed by atoms with Crippen LogP contribution >= 0.6 is 0 Å². The fourth-order valence-electron chi connectivity index (χ4n) is 3.80. The van der Waals surface area contributed by atoms with Crippen molar-refractivity contribution in [3.05, 3.63) is 24.3 Å². The first kappa shape index (κ1) is 15.6. The Morgan fingerprint density at radius 1 is 1.27 bits per heavy atom. The standard InChI is InChI=1S/C18H28N2O2/c1-18(2)14-19(12-15-8-11-22-13-15)9-10-20(18)16-6-4-5-7-17(16)21-3/h4-7,15H,8-14H2,1-3H3. The van der Waals surface area contributed by atoms with Gasteiger partial charge in [-0.25, -0.2) is 0 Å². The molecule has 0 aromatic heterocycles. The van der Waals surface area contributed by atoms with Gasteiger partial charge in [-0.15, -0.1) is 0 Å². The summed E-state index contributed by atoms with van der Waals surface area (Å²) in [5.41, 5.74) is 1.31. The number of ether oxygens (including phenoxy) is 2. The number of para-hydroxylation sites is 2. The number of rotatable bonds is 4. The fraction of sp³-hybridized carbons (Fsp3) is 0.667. The summed E-state index contributed by atoms with van der Waals surface area (Å²) < 4.78 is 11.1. The Morgan fingerprint density at radius 3 is 2.77 bits per heavy atom. The van der Waals surface area contributed by atoms with E-state index < -0.39 is 0 Å².